The predicted octanol–water partition coefficient (Wildman–Crippen LogP) is 2.73. The number of hydrogen-bond acceptors (Lipinski definition) is 3. The molecule has 0 saturated carbocycles. The van der Waals surface area contributed by atoms with Crippen LogP contribution in [-0.2, 0) is 6.54 Å². The van der Waals surface area contributed by atoms with Gasteiger partial charge in [0, 0.05) is 12.6 Å². The highest BCUT2D eigenvalue weighted by molar-refractivity contribution is 5.30. The molecule has 0 unspecified atom stereocenters. The fourth-order valence-electron chi connectivity index (χ4n) is 1.42. The number of halogens is 1. The van der Waals surface area contributed by atoms with E-state index in [0.29, 0.717) is 11.6 Å². The molecule has 4 heteroatoms. The van der Waals surface area contributed by atoms with Crippen molar-refractivity contribution in [2.45, 2.75) is 6.54 Å². The Balaban J connectivity index is 2.05. The average Bonchev–Trinajstić information content (AvgIpc) is 2.35. The van der Waals surface area contributed by atoms with Crippen molar-refractivity contribution in [3.63, 3.8) is 0 Å². The SMILES string of the molecule is CNCc1ccc(Oc2ccc(F)cn2)cc1. The number of nitrogens with zero attached hydrogens (tertiary/aromatic N) is 1. The third-order valence-corrected chi connectivity index (χ3v) is 2.23. The maximum Gasteiger partial charge on any atom is 0.219 e. The van der Waals surface area contributed by atoms with E-state index in [9.17, 15) is 4.39 Å². The molecule has 3 nitrogen and oxygen atoms in total. The third kappa shape index (κ3) is 3.26. The van der Waals surface area contributed by atoms with Gasteiger partial charge < -0.3 is 10.1 Å². The zero-order chi connectivity index (χ0) is 12.1. The Labute approximate surface area is 99.3 Å². The van der Waals surface area contributed by atoms with E-state index >= 15 is 0 Å². The second kappa shape index (κ2) is 5.41. The first-order valence-electron chi connectivity index (χ1n) is 5.31. The molecule has 0 bridgehead atoms. The van der Waals surface area contributed by atoms with Crippen LogP contribution in [0.3, 0.4) is 0 Å². The summed E-state index contributed by atoms with van der Waals surface area (Å²) in [6, 6.07) is 10.5. The molecule has 0 amide bonds. The fourth-order valence-corrected chi connectivity index (χ4v) is 1.42. The minimum atomic E-state index is -0.373. The van der Waals surface area contributed by atoms with Crippen molar-refractivity contribution in [1.82, 2.24) is 10.3 Å². The van der Waals surface area contributed by atoms with Crippen LogP contribution in [0.15, 0.2) is 42.6 Å². The molecule has 1 aromatic heterocycles. The molecule has 2 rings (SSSR count). The van der Waals surface area contributed by atoms with Crippen LogP contribution in [-0.4, -0.2) is 12.0 Å². The Kier molecular flexibility index (Phi) is 3.67. The minimum absolute atomic E-state index is 0.373. The number of rotatable bonds is 4. The molecule has 0 aliphatic heterocycles. The van der Waals surface area contributed by atoms with Crippen molar-refractivity contribution in [3.8, 4) is 11.6 Å². The van der Waals surface area contributed by atoms with Crippen molar-refractivity contribution in [1.29, 1.82) is 0 Å². The summed E-state index contributed by atoms with van der Waals surface area (Å²) in [5.41, 5.74) is 1.17. The van der Waals surface area contributed by atoms with Crippen molar-refractivity contribution in [3.05, 3.63) is 54.0 Å². The van der Waals surface area contributed by atoms with E-state index in [4.69, 9.17) is 4.74 Å². The highest BCUT2D eigenvalue weighted by Crippen LogP contribution is 2.19. The van der Waals surface area contributed by atoms with Crippen molar-refractivity contribution in [2.24, 2.45) is 0 Å². The van der Waals surface area contributed by atoms with Crippen LogP contribution < -0.4 is 10.1 Å². The monoisotopic (exact) mass is 232 g/mol. The Morgan fingerprint density at radius 2 is 1.94 bits per heavy atom. The lowest BCUT2D eigenvalue weighted by Gasteiger charge is -2.05. The molecule has 2 aromatic rings. The lowest BCUT2D eigenvalue weighted by molar-refractivity contribution is 0.459. The summed E-state index contributed by atoms with van der Waals surface area (Å²) in [7, 11) is 1.90. The van der Waals surface area contributed by atoms with Crippen molar-refractivity contribution < 1.29 is 9.13 Å². The van der Waals surface area contributed by atoms with E-state index in [1.165, 1.54) is 17.7 Å². The summed E-state index contributed by atoms with van der Waals surface area (Å²) in [6.45, 7) is 0.815. The van der Waals surface area contributed by atoms with E-state index in [2.05, 4.69) is 10.3 Å². The molecule has 0 atom stereocenters. The van der Waals surface area contributed by atoms with E-state index < -0.39 is 0 Å². The van der Waals surface area contributed by atoms with Crippen LogP contribution in [0.25, 0.3) is 0 Å². The zero-order valence-electron chi connectivity index (χ0n) is 9.48. The summed E-state index contributed by atoms with van der Waals surface area (Å²) in [5, 5.41) is 3.06. The van der Waals surface area contributed by atoms with Crippen LogP contribution in [0.4, 0.5) is 4.39 Å². The van der Waals surface area contributed by atoms with E-state index in [1.54, 1.807) is 0 Å². The molecule has 0 fully saturated rings. The smallest absolute Gasteiger partial charge is 0.219 e. The van der Waals surface area contributed by atoms with Gasteiger partial charge in [0.25, 0.3) is 0 Å². The molecule has 0 saturated heterocycles. The first-order valence-corrected chi connectivity index (χ1v) is 5.31. The van der Waals surface area contributed by atoms with Crippen LogP contribution in [0, 0.1) is 5.82 Å². The van der Waals surface area contributed by atoms with Gasteiger partial charge in [0.1, 0.15) is 11.6 Å². The van der Waals surface area contributed by atoms with Crippen molar-refractivity contribution >= 4 is 0 Å². The molecule has 88 valence electrons. The Bertz CT molecular complexity index is 468. The number of pyridine rings is 1. The van der Waals surface area contributed by atoms with Gasteiger partial charge in [-0.1, -0.05) is 12.1 Å². The minimum Gasteiger partial charge on any atom is -0.439 e. The van der Waals surface area contributed by atoms with Gasteiger partial charge >= 0.3 is 0 Å². The average molecular weight is 232 g/mol. The first kappa shape index (κ1) is 11.5. The summed E-state index contributed by atoms with van der Waals surface area (Å²) in [5.74, 6) is 0.693. The second-order valence-electron chi connectivity index (χ2n) is 3.59. The second-order valence-corrected chi connectivity index (χ2v) is 3.59. The lowest BCUT2D eigenvalue weighted by atomic mass is 10.2. The number of benzene rings is 1. The molecular weight excluding hydrogens is 219 g/mol. The lowest BCUT2D eigenvalue weighted by Crippen LogP contribution is -2.04. The van der Waals surface area contributed by atoms with Crippen molar-refractivity contribution in [2.75, 3.05) is 7.05 Å². The first-order chi connectivity index (χ1) is 8.28. The van der Waals surface area contributed by atoms with Crippen LogP contribution >= 0.6 is 0 Å². The van der Waals surface area contributed by atoms with Gasteiger partial charge in [-0.05, 0) is 30.8 Å². The Morgan fingerprint density at radius 1 is 1.18 bits per heavy atom. The Hall–Kier alpha value is -1.94. The zero-order valence-corrected chi connectivity index (χ0v) is 9.48. The van der Waals surface area contributed by atoms with E-state index in [-0.39, 0.29) is 5.82 Å². The molecule has 0 radical (unpaired) electrons. The normalized spacial score (nSPS) is 10.2. The van der Waals surface area contributed by atoms with Gasteiger partial charge in [-0.25, -0.2) is 9.37 Å². The topological polar surface area (TPSA) is 34.1 Å². The number of aromatic nitrogens is 1. The van der Waals surface area contributed by atoms with Crippen LogP contribution in [0.1, 0.15) is 5.56 Å². The molecule has 1 heterocycles. The fraction of sp³-hybridized carbons (Fsp3) is 0.154. The summed E-state index contributed by atoms with van der Waals surface area (Å²) in [4.78, 5) is 3.82. The summed E-state index contributed by atoms with van der Waals surface area (Å²) in [6.07, 6.45) is 1.13. The van der Waals surface area contributed by atoms with Gasteiger partial charge in [-0.15, -0.1) is 0 Å². The number of nitrogens with one attached hydrogen (secondary N) is 1. The maximum absolute atomic E-state index is 12.6. The molecular formula is C13H13FN2O. The van der Waals surface area contributed by atoms with Crippen LogP contribution in [0.2, 0.25) is 0 Å². The number of hydrogen-bond donors (Lipinski definition) is 1. The summed E-state index contributed by atoms with van der Waals surface area (Å²) >= 11 is 0. The van der Waals surface area contributed by atoms with Gasteiger partial charge in [0.05, 0.1) is 6.20 Å². The predicted molar refractivity (Wildman–Crippen MR) is 63.5 cm³/mol. The Morgan fingerprint density at radius 3 is 2.53 bits per heavy atom. The quantitative estimate of drug-likeness (QED) is 0.880. The molecule has 1 aromatic carbocycles. The molecule has 0 aliphatic carbocycles. The maximum atomic E-state index is 12.6. The van der Waals surface area contributed by atoms with Crippen LogP contribution in [0.5, 0.6) is 11.6 Å². The third-order valence-electron chi connectivity index (χ3n) is 2.23. The standard InChI is InChI=1S/C13H13FN2O/c1-15-8-10-2-5-12(6-3-10)17-13-7-4-11(14)9-16-13/h2-7,9,15H,8H2,1H3. The highest BCUT2D eigenvalue weighted by Gasteiger charge is 1.99. The largest absolute Gasteiger partial charge is 0.439 e. The van der Waals surface area contributed by atoms with Gasteiger partial charge in [0.15, 0.2) is 0 Å². The molecule has 1 N–H and O–H groups in total. The van der Waals surface area contributed by atoms with Gasteiger partial charge in [0.2, 0.25) is 5.88 Å². The molecule has 17 heavy (non-hydrogen) atoms. The molecule has 0 aliphatic rings. The van der Waals surface area contributed by atoms with Gasteiger partial charge in [-0.3, -0.25) is 0 Å². The van der Waals surface area contributed by atoms with Gasteiger partial charge in [-0.2, -0.15) is 0 Å². The van der Waals surface area contributed by atoms with E-state index in [0.717, 1.165) is 12.7 Å². The van der Waals surface area contributed by atoms with E-state index in [1.807, 2.05) is 31.3 Å². The summed E-state index contributed by atoms with van der Waals surface area (Å²) < 4.78 is 18.1. The molecule has 0 spiro atoms. The number of ether oxygens (including phenoxy) is 1. The highest BCUT2D eigenvalue weighted by atomic mass is 19.1.